The Morgan fingerprint density at radius 3 is 2.19 bits per heavy atom. The molecule has 1 aromatic carbocycles. The maximum atomic E-state index is 12.6. The minimum absolute atomic E-state index is 0.0833. The van der Waals surface area contributed by atoms with Gasteiger partial charge in [0.2, 0.25) is 0 Å². The molecule has 6 nitrogen and oxygen atoms in total. The summed E-state index contributed by atoms with van der Waals surface area (Å²) in [5, 5.41) is 2.81. The third kappa shape index (κ3) is 4.04. The number of esters is 1. The lowest BCUT2D eigenvalue weighted by molar-refractivity contribution is -0.136. The van der Waals surface area contributed by atoms with Crippen LogP contribution in [0.2, 0.25) is 0 Å². The first-order chi connectivity index (χ1) is 12.6. The first-order valence-electron chi connectivity index (χ1n) is 8.53. The predicted octanol–water partition coefficient (Wildman–Crippen LogP) is 3.83. The number of urea groups is 1. The minimum atomic E-state index is -2.94. The van der Waals surface area contributed by atoms with E-state index in [9.17, 15) is 18.4 Å². The summed E-state index contributed by atoms with van der Waals surface area (Å²) in [6, 6.07) is 1.99. The third-order valence-corrected chi connectivity index (χ3v) is 4.47. The monoisotopic (exact) mass is 382 g/mol. The summed E-state index contributed by atoms with van der Waals surface area (Å²) in [5.41, 5.74) is 2.34. The number of rotatable bonds is 5. The van der Waals surface area contributed by atoms with Gasteiger partial charge in [0.25, 0.3) is 0 Å². The van der Waals surface area contributed by atoms with E-state index in [4.69, 9.17) is 4.74 Å². The van der Waals surface area contributed by atoms with Crippen LogP contribution >= 0.6 is 0 Å². The quantitative estimate of drug-likeness (QED) is 0.786. The maximum absolute atomic E-state index is 12.6. The summed E-state index contributed by atoms with van der Waals surface area (Å²) in [6.07, 6.45) is 0. The van der Waals surface area contributed by atoms with E-state index in [1.807, 2.05) is 13.8 Å². The molecule has 0 fully saturated rings. The summed E-state index contributed by atoms with van der Waals surface area (Å²) in [7, 11) is 1.27. The Morgan fingerprint density at radius 1 is 1.19 bits per heavy atom. The molecule has 0 saturated carbocycles. The number of allylic oxidation sites excluding steroid dienone is 1. The number of ether oxygens (including phenoxy) is 2. The number of alkyl halides is 2. The highest BCUT2D eigenvalue weighted by Crippen LogP contribution is 2.35. The van der Waals surface area contributed by atoms with Gasteiger partial charge in [0.1, 0.15) is 5.75 Å². The van der Waals surface area contributed by atoms with Gasteiger partial charge in [0.05, 0.1) is 18.7 Å². The molecule has 8 heteroatoms. The summed E-state index contributed by atoms with van der Waals surface area (Å²) >= 11 is 0. The molecule has 1 atom stereocenters. The molecule has 0 unspecified atom stereocenters. The number of nitrogens with zero attached hydrogens (tertiary/aromatic N) is 1. The number of halogens is 2. The number of amides is 2. The number of hydrogen-bond acceptors (Lipinski definition) is 4. The van der Waals surface area contributed by atoms with Crippen LogP contribution < -0.4 is 10.1 Å². The van der Waals surface area contributed by atoms with Crippen molar-refractivity contribution in [3.8, 4) is 5.75 Å². The lowest BCUT2D eigenvalue weighted by atomic mass is 9.92. The van der Waals surface area contributed by atoms with Crippen LogP contribution in [-0.4, -0.2) is 36.7 Å². The Balaban J connectivity index is 2.59. The van der Waals surface area contributed by atoms with Gasteiger partial charge in [0.15, 0.2) is 0 Å². The zero-order valence-electron chi connectivity index (χ0n) is 16.2. The molecule has 1 aliphatic rings. The van der Waals surface area contributed by atoms with E-state index in [-0.39, 0.29) is 17.8 Å². The number of benzene rings is 1. The standard InChI is InChI=1S/C19H24F2N2O4/c1-9(2)23-12(5)14(17(24)26-6)15(22-19(23)25)13-7-10(3)16(11(4)8-13)27-18(20)21/h7-9,15,18H,1-6H3,(H,22,25)/t15-/m0/s1. The molecule has 2 amide bonds. The van der Waals surface area contributed by atoms with E-state index >= 15 is 0 Å². The zero-order chi connectivity index (χ0) is 20.5. The highest BCUT2D eigenvalue weighted by molar-refractivity contribution is 5.95. The van der Waals surface area contributed by atoms with Gasteiger partial charge in [-0.2, -0.15) is 8.78 Å². The Bertz CT molecular complexity index is 767. The van der Waals surface area contributed by atoms with Crippen LogP contribution in [0.3, 0.4) is 0 Å². The van der Waals surface area contributed by atoms with Gasteiger partial charge >= 0.3 is 18.6 Å². The smallest absolute Gasteiger partial charge is 0.387 e. The van der Waals surface area contributed by atoms with E-state index in [1.165, 1.54) is 12.0 Å². The van der Waals surface area contributed by atoms with E-state index < -0.39 is 18.6 Å². The highest BCUT2D eigenvalue weighted by atomic mass is 19.3. The second-order valence-electron chi connectivity index (χ2n) is 6.70. The van der Waals surface area contributed by atoms with Crippen molar-refractivity contribution in [3.63, 3.8) is 0 Å². The number of carbonyl (C=O) groups is 2. The summed E-state index contributed by atoms with van der Waals surface area (Å²) in [4.78, 5) is 26.5. The van der Waals surface area contributed by atoms with Crippen LogP contribution in [0.1, 0.15) is 43.5 Å². The SMILES string of the molecule is COC(=O)C1=C(C)N(C(C)C)C(=O)N[C@H]1c1cc(C)c(OC(F)F)c(C)c1. The molecule has 0 bridgehead atoms. The second kappa shape index (κ2) is 7.94. The molecule has 0 aromatic heterocycles. The van der Waals surface area contributed by atoms with Gasteiger partial charge in [-0.3, -0.25) is 4.90 Å². The molecule has 2 rings (SSSR count). The second-order valence-corrected chi connectivity index (χ2v) is 6.70. The normalized spacial score (nSPS) is 17.5. The van der Waals surface area contributed by atoms with Gasteiger partial charge in [-0.25, -0.2) is 9.59 Å². The Kier molecular flexibility index (Phi) is 6.08. The van der Waals surface area contributed by atoms with Crippen molar-refractivity contribution in [2.24, 2.45) is 0 Å². The van der Waals surface area contributed by atoms with Crippen LogP contribution in [0, 0.1) is 13.8 Å². The minimum Gasteiger partial charge on any atom is -0.466 e. The predicted molar refractivity (Wildman–Crippen MR) is 95.5 cm³/mol. The lowest BCUT2D eigenvalue weighted by Crippen LogP contribution is -2.50. The molecule has 27 heavy (non-hydrogen) atoms. The van der Waals surface area contributed by atoms with Gasteiger partial charge in [-0.15, -0.1) is 0 Å². The number of carbonyl (C=O) groups excluding carboxylic acids is 2. The van der Waals surface area contributed by atoms with E-state index in [0.717, 1.165) is 0 Å². The topological polar surface area (TPSA) is 67.9 Å². The number of methoxy groups -OCH3 is 1. The molecule has 0 spiro atoms. The van der Waals surface area contributed by atoms with Gasteiger partial charge in [-0.05, 0) is 63.4 Å². The van der Waals surface area contributed by atoms with Crippen LogP contribution in [0.4, 0.5) is 13.6 Å². The molecule has 0 saturated heterocycles. The largest absolute Gasteiger partial charge is 0.466 e. The summed E-state index contributed by atoms with van der Waals surface area (Å²) in [5.74, 6) is -0.480. The van der Waals surface area contributed by atoms with Crippen molar-refractivity contribution < 1.29 is 27.8 Å². The first kappa shape index (κ1) is 20.7. The molecule has 0 aliphatic carbocycles. The van der Waals surface area contributed by atoms with Crippen molar-refractivity contribution in [3.05, 3.63) is 40.1 Å². The average Bonchev–Trinajstić information content (AvgIpc) is 2.56. The molecule has 148 valence electrons. The fourth-order valence-corrected chi connectivity index (χ4v) is 3.43. The molecule has 1 N–H and O–H groups in total. The third-order valence-electron chi connectivity index (χ3n) is 4.47. The average molecular weight is 382 g/mol. The number of hydrogen-bond donors (Lipinski definition) is 1. The molecule has 1 aromatic rings. The highest BCUT2D eigenvalue weighted by Gasteiger charge is 2.37. The van der Waals surface area contributed by atoms with Gasteiger partial charge in [0, 0.05) is 11.7 Å². The molecule has 1 aliphatic heterocycles. The maximum Gasteiger partial charge on any atom is 0.387 e. The van der Waals surface area contributed by atoms with E-state index in [2.05, 4.69) is 10.1 Å². The van der Waals surface area contributed by atoms with Crippen molar-refractivity contribution in [2.75, 3.05) is 7.11 Å². The van der Waals surface area contributed by atoms with Crippen molar-refractivity contribution >= 4 is 12.0 Å². The molecular formula is C19H24F2N2O4. The number of nitrogens with one attached hydrogen (secondary N) is 1. The fourth-order valence-electron chi connectivity index (χ4n) is 3.43. The van der Waals surface area contributed by atoms with Crippen LogP contribution in [0.25, 0.3) is 0 Å². The Morgan fingerprint density at radius 2 is 1.74 bits per heavy atom. The molecular weight excluding hydrogens is 358 g/mol. The molecule has 0 radical (unpaired) electrons. The van der Waals surface area contributed by atoms with Crippen molar-refractivity contribution in [1.82, 2.24) is 10.2 Å². The van der Waals surface area contributed by atoms with Crippen LogP contribution in [-0.2, 0) is 9.53 Å². The summed E-state index contributed by atoms with van der Waals surface area (Å²) in [6.45, 7) is 5.69. The Hall–Kier alpha value is -2.64. The molecule has 1 heterocycles. The van der Waals surface area contributed by atoms with E-state index in [0.29, 0.717) is 28.0 Å². The first-order valence-corrected chi connectivity index (χ1v) is 8.53. The van der Waals surface area contributed by atoms with Crippen molar-refractivity contribution in [2.45, 2.75) is 53.3 Å². The fraction of sp³-hybridized carbons (Fsp3) is 0.474. The lowest BCUT2D eigenvalue weighted by Gasteiger charge is -2.37. The van der Waals surface area contributed by atoms with Crippen LogP contribution in [0.15, 0.2) is 23.4 Å². The van der Waals surface area contributed by atoms with Gasteiger partial charge in [-0.1, -0.05) is 0 Å². The number of aryl methyl sites for hydroxylation is 2. The summed E-state index contributed by atoms with van der Waals surface area (Å²) < 4.78 is 34.7. The zero-order valence-corrected chi connectivity index (χ0v) is 16.2. The van der Waals surface area contributed by atoms with Crippen molar-refractivity contribution in [1.29, 1.82) is 0 Å². The van der Waals surface area contributed by atoms with Gasteiger partial charge < -0.3 is 14.8 Å². The Labute approximate surface area is 157 Å². The van der Waals surface area contributed by atoms with Crippen LogP contribution in [0.5, 0.6) is 5.75 Å². The van der Waals surface area contributed by atoms with E-state index in [1.54, 1.807) is 32.9 Å².